The first kappa shape index (κ1) is 12.0. The highest BCUT2D eigenvalue weighted by atomic mass is 127. The summed E-state index contributed by atoms with van der Waals surface area (Å²) < 4.78 is 1.07. The number of carbonyl (C=O) groups is 1. The molecule has 3 nitrogen and oxygen atoms in total. The molecule has 0 atom stereocenters. The topological polar surface area (TPSA) is 49.3 Å². The number of nitrogens with one attached hydrogen (secondary N) is 1. The highest BCUT2D eigenvalue weighted by Gasteiger charge is 2.00. The van der Waals surface area contributed by atoms with Gasteiger partial charge >= 0.3 is 5.97 Å². The van der Waals surface area contributed by atoms with Crippen LogP contribution in [0.5, 0.6) is 0 Å². The van der Waals surface area contributed by atoms with E-state index in [2.05, 4.69) is 34.0 Å². The van der Waals surface area contributed by atoms with E-state index < -0.39 is 5.97 Å². The first-order valence-corrected chi connectivity index (χ1v) is 5.51. The van der Waals surface area contributed by atoms with E-state index in [0.29, 0.717) is 0 Å². The summed E-state index contributed by atoms with van der Waals surface area (Å²) in [6.45, 7) is 4.08. The zero-order valence-electron chi connectivity index (χ0n) is 8.54. The van der Waals surface area contributed by atoms with E-state index >= 15 is 0 Å². The summed E-state index contributed by atoms with van der Waals surface area (Å²) in [5.41, 5.74) is 3.34. The van der Waals surface area contributed by atoms with Crippen LogP contribution >= 0.6 is 22.6 Å². The Morgan fingerprint density at radius 2 is 2.00 bits per heavy atom. The number of anilines is 1. The molecule has 0 amide bonds. The fourth-order valence-electron chi connectivity index (χ4n) is 1.09. The molecule has 1 aromatic rings. The van der Waals surface area contributed by atoms with Gasteiger partial charge in [0.1, 0.15) is 0 Å². The van der Waals surface area contributed by atoms with Crippen molar-refractivity contribution in [3.8, 4) is 0 Å². The van der Waals surface area contributed by atoms with Crippen LogP contribution in [0.25, 0.3) is 0 Å². The molecule has 0 fully saturated rings. The number of aliphatic carboxylic acids is 1. The Balaban J connectivity index is 2.86. The second kappa shape index (κ2) is 5.16. The van der Waals surface area contributed by atoms with E-state index in [1.54, 1.807) is 0 Å². The van der Waals surface area contributed by atoms with E-state index in [4.69, 9.17) is 5.11 Å². The van der Waals surface area contributed by atoms with Gasteiger partial charge in [0, 0.05) is 15.8 Å². The van der Waals surface area contributed by atoms with E-state index in [1.807, 2.05) is 19.9 Å². The van der Waals surface area contributed by atoms with Crippen LogP contribution in [0.1, 0.15) is 11.1 Å². The smallest absolute Gasteiger partial charge is 0.329 e. The average molecular weight is 317 g/mol. The molecular formula is C11H12INO2. The molecule has 0 aliphatic carbocycles. The third-order valence-electron chi connectivity index (χ3n) is 2.05. The second-order valence-corrected chi connectivity index (χ2v) is 4.39. The fraction of sp³-hybridized carbons (Fsp3) is 0.182. The van der Waals surface area contributed by atoms with Crippen molar-refractivity contribution in [2.24, 2.45) is 0 Å². The van der Waals surface area contributed by atoms with Crippen LogP contribution in [0.15, 0.2) is 24.4 Å². The van der Waals surface area contributed by atoms with Gasteiger partial charge in [-0.1, -0.05) is 0 Å². The van der Waals surface area contributed by atoms with Gasteiger partial charge < -0.3 is 10.4 Å². The highest BCUT2D eigenvalue weighted by molar-refractivity contribution is 14.1. The van der Waals surface area contributed by atoms with Crippen LogP contribution in [-0.2, 0) is 4.79 Å². The Hall–Kier alpha value is -1.04. The Labute approximate surface area is 102 Å². The van der Waals surface area contributed by atoms with Gasteiger partial charge in [-0.15, -0.1) is 0 Å². The maximum Gasteiger partial charge on any atom is 0.329 e. The molecule has 4 heteroatoms. The summed E-state index contributed by atoms with van der Waals surface area (Å²) in [5, 5.41) is 11.4. The van der Waals surface area contributed by atoms with E-state index in [-0.39, 0.29) is 0 Å². The highest BCUT2D eigenvalue weighted by Crippen LogP contribution is 2.22. The molecule has 0 aliphatic heterocycles. The lowest BCUT2D eigenvalue weighted by atomic mass is 10.1. The summed E-state index contributed by atoms with van der Waals surface area (Å²) in [5.74, 6) is -0.957. The summed E-state index contributed by atoms with van der Waals surface area (Å²) in [6.07, 6.45) is 2.50. The maximum atomic E-state index is 10.3. The number of benzene rings is 1. The third-order valence-corrected chi connectivity index (χ3v) is 2.94. The molecule has 0 radical (unpaired) electrons. The lowest BCUT2D eigenvalue weighted by molar-refractivity contribution is -0.131. The molecule has 0 aromatic heterocycles. The number of carboxylic acid groups (broad SMARTS) is 1. The van der Waals surface area contributed by atoms with Crippen molar-refractivity contribution in [3.63, 3.8) is 0 Å². The lowest BCUT2D eigenvalue weighted by Crippen LogP contribution is -1.95. The monoisotopic (exact) mass is 317 g/mol. The van der Waals surface area contributed by atoms with Gasteiger partial charge in [-0.05, 0) is 59.7 Å². The van der Waals surface area contributed by atoms with Crippen LogP contribution < -0.4 is 5.32 Å². The molecule has 0 heterocycles. The van der Waals surface area contributed by atoms with Gasteiger partial charge in [0.25, 0.3) is 0 Å². The van der Waals surface area contributed by atoms with E-state index in [1.165, 1.54) is 17.3 Å². The number of rotatable bonds is 3. The molecule has 2 N–H and O–H groups in total. The van der Waals surface area contributed by atoms with Crippen LogP contribution in [0.2, 0.25) is 0 Å². The fourth-order valence-corrected chi connectivity index (χ4v) is 1.87. The molecule has 0 spiro atoms. The molecule has 0 bridgehead atoms. The molecular weight excluding hydrogens is 305 g/mol. The standard InChI is InChI=1S/C11H12INO2/c1-7-5-9(12)10(6-8(7)2)13-4-3-11(14)15/h3-6,13H,1-2H3,(H,14,15)/b4-3+. The number of halogens is 1. The summed E-state index contributed by atoms with van der Waals surface area (Å²) in [4.78, 5) is 10.3. The zero-order valence-corrected chi connectivity index (χ0v) is 10.7. The Morgan fingerprint density at radius 1 is 1.40 bits per heavy atom. The first-order valence-electron chi connectivity index (χ1n) is 4.43. The molecule has 15 heavy (non-hydrogen) atoms. The van der Waals surface area contributed by atoms with Gasteiger partial charge in [0.05, 0.1) is 5.69 Å². The van der Waals surface area contributed by atoms with Gasteiger partial charge in [-0.25, -0.2) is 4.79 Å². The van der Waals surface area contributed by atoms with Gasteiger partial charge in [0.15, 0.2) is 0 Å². The van der Waals surface area contributed by atoms with Gasteiger partial charge in [0.2, 0.25) is 0 Å². The quantitative estimate of drug-likeness (QED) is 0.666. The Morgan fingerprint density at radius 3 is 2.60 bits per heavy atom. The van der Waals surface area contributed by atoms with Crippen molar-refractivity contribution in [1.29, 1.82) is 0 Å². The molecule has 80 valence electrons. The second-order valence-electron chi connectivity index (χ2n) is 3.23. The minimum absolute atomic E-state index is 0.927. The van der Waals surface area contributed by atoms with Crippen molar-refractivity contribution in [2.75, 3.05) is 5.32 Å². The predicted molar refractivity (Wildman–Crippen MR) is 69.0 cm³/mol. The molecule has 0 saturated carbocycles. The summed E-state index contributed by atoms with van der Waals surface area (Å²) >= 11 is 2.22. The zero-order chi connectivity index (χ0) is 11.4. The largest absolute Gasteiger partial charge is 0.478 e. The van der Waals surface area contributed by atoms with Crippen molar-refractivity contribution in [2.45, 2.75) is 13.8 Å². The molecule has 0 saturated heterocycles. The van der Waals surface area contributed by atoms with Crippen molar-refractivity contribution < 1.29 is 9.90 Å². The van der Waals surface area contributed by atoms with Crippen LogP contribution in [0.4, 0.5) is 5.69 Å². The molecule has 1 aromatic carbocycles. The Kier molecular flexibility index (Phi) is 4.14. The summed E-state index contributed by atoms with van der Waals surface area (Å²) in [7, 11) is 0. The number of aryl methyl sites for hydroxylation is 2. The predicted octanol–water partition coefficient (Wildman–Crippen LogP) is 2.92. The number of carboxylic acids is 1. The normalized spacial score (nSPS) is 10.6. The van der Waals surface area contributed by atoms with Gasteiger partial charge in [-0.2, -0.15) is 0 Å². The Bertz CT molecular complexity index is 413. The summed E-state index contributed by atoms with van der Waals surface area (Å²) in [6, 6.07) is 4.07. The lowest BCUT2D eigenvalue weighted by Gasteiger charge is -2.07. The minimum Gasteiger partial charge on any atom is -0.478 e. The number of hydrogen-bond acceptors (Lipinski definition) is 2. The third kappa shape index (κ3) is 3.54. The minimum atomic E-state index is -0.957. The first-order chi connectivity index (χ1) is 7.00. The molecule has 0 aliphatic rings. The van der Waals surface area contributed by atoms with E-state index in [9.17, 15) is 4.79 Å². The molecule has 1 rings (SSSR count). The van der Waals surface area contributed by atoms with Crippen LogP contribution in [0.3, 0.4) is 0 Å². The van der Waals surface area contributed by atoms with E-state index in [0.717, 1.165) is 15.3 Å². The van der Waals surface area contributed by atoms with Crippen molar-refractivity contribution in [3.05, 3.63) is 39.1 Å². The van der Waals surface area contributed by atoms with Crippen molar-refractivity contribution >= 4 is 34.2 Å². The number of hydrogen-bond donors (Lipinski definition) is 2. The molecule has 0 unspecified atom stereocenters. The maximum absolute atomic E-state index is 10.3. The average Bonchev–Trinajstić information content (AvgIpc) is 2.13. The van der Waals surface area contributed by atoms with Crippen LogP contribution in [0, 0.1) is 17.4 Å². The van der Waals surface area contributed by atoms with Gasteiger partial charge in [-0.3, -0.25) is 0 Å². The van der Waals surface area contributed by atoms with Crippen LogP contribution in [-0.4, -0.2) is 11.1 Å². The van der Waals surface area contributed by atoms with Crippen molar-refractivity contribution in [1.82, 2.24) is 0 Å². The SMILES string of the molecule is Cc1cc(I)c(N/C=C/C(=O)O)cc1C.